The first-order chi connectivity index (χ1) is 11.7. The van der Waals surface area contributed by atoms with Crippen LogP contribution >= 0.6 is 11.3 Å². The van der Waals surface area contributed by atoms with Gasteiger partial charge in [-0.2, -0.15) is 0 Å². The summed E-state index contributed by atoms with van der Waals surface area (Å²) in [6.45, 7) is 7.20. The van der Waals surface area contributed by atoms with Gasteiger partial charge in [-0.05, 0) is 26.7 Å². The summed E-state index contributed by atoms with van der Waals surface area (Å²) >= 11 is 1.69. The molecule has 0 spiro atoms. The van der Waals surface area contributed by atoms with E-state index in [-0.39, 0.29) is 0 Å². The zero-order valence-electron chi connectivity index (χ0n) is 15.4. The summed E-state index contributed by atoms with van der Waals surface area (Å²) in [5.74, 6) is 0.924. The molecule has 0 aromatic carbocycles. The molecule has 1 aliphatic carbocycles. The summed E-state index contributed by atoms with van der Waals surface area (Å²) in [4.78, 5) is 11.4. The monoisotopic (exact) mass is 352 g/mol. The van der Waals surface area contributed by atoms with Crippen LogP contribution in [0.5, 0.6) is 0 Å². The molecule has 0 bridgehead atoms. The molecular formula is C18H32N4OS. The molecule has 1 aromatic heterocycles. The maximum absolute atomic E-state index is 6.03. The van der Waals surface area contributed by atoms with Crippen LogP contribution in [0.25, 0.3) is 0 Å². The third kappa shape index (κ3) is 6.77. The van der Waals surface area contributed by atoms with E-state index in [1.807, 2.05) is 6.92 Å². The number of ether oxygens (including phenoxy) is 1. The number of nitrogens with zero attached hydrogens (tertiary/aromatic N) is 3. The molecule has 1 fully saturated rings. The second kappa shape index (κ2) is 10.7. The van der Waals surface area contributed by atoms with Crippen molar-refractivity contribution in [2.45, 2.75) is 65.0 Å². The predicted molar refractivity (Wildman–Crippen MR) is 102 cm³/mol. The van der Waals surface area contributed by atoms with Crippen LogP contribution < -0.4 is 5.32 Å². The number of rotatable bonds is 7. The van der Waals surface area contributed by atoms with Crippen LogP contribution in [-0.2, 0) is 11.3 Å². The van der Waals surface area contributed by atoms with Crippen LogP contribution in [0, 0.1) is 6.92 Å². The Labute approximate surface area is 150 Å². The molecule has 2 rings (SSSR count). The Morgan fingerprint density at radius 2 is 2.12 bits per heavy atom. The van der Waals surface area contributed by atoms with Gasteiger partial charge in [0.2, 0.25) is 0 Å². The minimum atomic E-state index is 0.445. The van der Waals surface area contributed by atoms with Crippen molar-refractivity contribution >= 4 is 17.3 Å². The molecule has 0 aliphatic heterocycles. The quantitative estimate of drug-likeness (QED) is 0.353. The van der Waals surface area contributed by atoms with Crippen molar-refractivity contribution in [2.75, 3.05) is 26.7 Å². The fourth-order valence-corrected chi connectivity index (χ4v) is 3.65. The van der Waals surface area contributed by atoms with Crippen molar-refractivity contribution in [3.05, 3.63) is 16.1 Å². The normalized spacial score (nSPS) is 16.9. The Morgan fingerprint density at radius 1 is 1.38 bits per heavy atom. The Hall–Kier alpha value is -1.14. The molecule has 136 valence electrons. The van der Waals surface area contributed by atoms with E-state index in [4.69, 9.17) is 9.73 Å². The SMILES string of the molecule is CCNC(=NCCOC1CCCCCC1)N(C)Cc1csc(C)n1. The first-order valence-corrected chi connectivity index (χ1v) is 10.1. The van der Waals surface area contributed by atoms with Gasteiger partial charge in [0.25, 0.3) is 0 Å². The van der Waals surface area contributed by atoms with Gasteiger partial charge < -0.3 is 15.0 Å². The summed E-state index contributed by atoms with van der Waals surface area (Å²) in [7, 11) is 2.06. The highest BCUT2D eigenvalue weighted by molar-refractivity contribution is 7.09. The lowest BCUT2D eigenvalue weighted by Crippen LogP contribution is -2.38. The third-order valence-electron chi connectivity index (χ3n) is 4.27. The number of guanidine groups is 1. The van der Waals surface area contributed by atoms with Crippen LogP contribution in [0.3, 0.4) is 0 Å². The number of thiazole rings is 1. The van der Waals surface area contributed by atoms with Crippen molar-refractivity contribution in [1.82, 2.24) is 15.2 Å². The zero-order chi connectivity index (χ0) is 17.2. The van der Waals surface area contributed by atoms with Crippen LogP contribution in [0.1, 0.15) is 56.2 Å². The lowest BCUT2D eigenvalue weighted by molar-refractivity contribution is 0.0486. The molecule has 24 heavy (non-hydrogen) atoms. The zero-order valence-corrected chi connectivity index (χ0v) is 16.2. The van der Waals surface area contributed by atoms with E-state index in [0.29, 0.717) is 19.3 Å². The number of aromatic nitrogens is 1. The van der Waals surface area contributed by atoms with E-state index in [1.165, 1.54) is 38.5 Å². The van der Waals surface area contributed by atoms with E-state index in [2.05, 4.69) is 34.6 Å². The van der Waals surface area contributed by atoms with E-state index >= 15 is 0 Å². The van der Waals surface area contributed by atoms with Crippen LogP contribution in [0.4, 0.5) is 0 Å². The average molecular weight is 353 g/mol. The van der Waals surface area contributed by atoms with Gasteiger partial charge in [0.1, 0.15) is 0 Å². The fourth-order valence-electron chi connectivity index (χ4n) is 3.05. The standard InChI is InChI=1S/C18H32N4OS/c1-4-19-18(22(3)13-16-14-24-15(2)21-16)20-11-12-23-17-9-7-5-6-8-10-17/h14,17H,4-13H2,1-3H3,(H,19,20). The number of hydrogen-bond acceptors (Lipinski definition) is 4. The van der Waals surface area contributed by atoms with Crippen LogP contribution in [0.2, 0.25) is 0 Å². The Bertz CT molecular complexity index is 495. The lowest BCUT2D eigenvalue weighted by atomic mass is 10.1. The number of aryl methyl sites for hydroxylation is 1. The third-order valence-corrected chi connectivity index (χ3v) is 5.09. The highest BCUT2D eigenvalue weighted by atomic mass is 32.1. The maximum atomic E-state index is 6.03. The van der Waals surface area contributed by atoms with Gasteiger partial charge in [-0.3, -0.25) is 4.99 Å². The molecule has 0 amide bonds. The highest BCUT2D eigenvalue weighted by Crippen LogP contribution is 2.19. The van der Waals surface area contributed by atoms with Crippen molar-refractivity contribution in [3.8, 4) is 0 Å². The first kappa shape index (κ1) is 19.2. The van der Waals surface area contributed by atoms with Gasteiger partial charge in [-0.25, -0.2) is 4.98 Å². The molecule has 5 nitrogen and oxygen atoms in total. The Balaban J connectivity index is 1.78. The van der Waals surface area contributed by atoms with Crippen molar-refractivity contribution in [3.63, 3.8) is 0 Å². The molecule has 1 heterocycles. The summed E-state index contributed by atoms with van der Waals surface area (Å²) in [5.41, 5.74) is 1.10. The second-order valence-corrected chi connectivity index (χ2v) is 7.50. The second-order valence-electron chi connectivity index (χ2n) is 6.43. The van der Waals surface area contributed by atoms with Gasteiger partial charge in [-0.15, -0.1) is 11.3 Å². The van der Waals surface area contributed by atoms with Crippen LogP contribution in [0.15, 0.2) is 10.4 Å². The summed E-state index contributed by atoms with van der Waals surface area (Å²) < 4.78 is 6.03. The van der Waals surface area contributed by atoms with Crippen molar-refractivity contribution in [2.24, 2.45) is 4.99 Å². The van der Waals surface area contributed by atoms with Gasteiger partial charge >= 0.3 is 0 Å². The molecule has 1 aromatic rings. The highest BCUT2D eigenvalue weighted by Gasteiger charge is 2.12. The smallest absolute Gasteiger partial charge is 0.194 e. The van der Waals surface area contributed by atoms with E-state index in [0.717, 1.165) is 29.8 Å². The number of hydrogen-bond donors (Lipinski definition) is 1. The molecule has 0 atom stereocenters. The number of aliphatic imine (C=N–C) groups is 1. The minimum Gasteiger partial charge on any atom is -0.376 e. The van der Waals surface area contributed by atoms with Crippen molar-refractivity contribution in [1.29, 1.82) is 0 Å². The largest absolute Gasteiger partial charge is 0.376 e. The minimum absolute atomic E-state index is 0.445. The van der Waals surface area contributed by atoms with E-state index < -0.39 is 0 Å². The van der Waals surface area contributed by atoms with E-state index in [9.17, 15) is 0 Å². The van der Waals surface area contributed by atoms with Crippen LogP contribution in [-0.4, -0.2) is 48.7 Å². The lowest BCUT2D eigenvalue weighted by Gasteiger charge is -2.21. The maximum Gasteiger partial charge on any atom is 0.194 e. The molecule has 0 unspecified atom stereocenters. The first-order valence-electron chi connectivity index (χ1n) is 9.21. The Morgan fingerprint density at radius 3 is 2.75 bits per heavy atom. The summed E-state index contributed by atoms with van der Waals surface area (Å²) in [6.07, 6.45) is 8.23. The van der Waals surface area contributed by atoms with Crippen molar-refractivity contribution < 1.29 is 4.74 Å². The van der Waals surface area contributed by atoms with E-state index in [1.54, 1.807) is 11.3 Å². The van der Waals surface area contributed by atoms with Gasteiger partial charge in [-0.1, -0.05) is 25.7 Å². The molecule has 1 saturated carbocycles. The molecule has 1 N–H and O–H groups in total. The predicted octanol–water partition coefficient (Wildman–Crippen LogP) is 3.59. The topological polar surface area (TPSA) is 49.8 Å². The summed E-state index contributed by atoms with van der Waals surface area (Å²) in [5, 5.41) is 6.58. The molecule has 6 heteroatoms. The summed E-state index contributed by atoms with van der Waals surface area (Å²) in [6, 6.07) is 0. The van der Waals surface area contributed by atoms with Gasteiger partial charge in [0.05, 0.1) is 36.5 Å². The molecule has 0 saturated heterocycles. The van der Waals surface area contributed by atoms with Gasteiger partial charge in [0, 0.05) is 19.0 Å². The molecular weight excluding hydrogens is 320 g/mol. The fraction of sp³-hybridized carbons (Fsp3) is 0.778. The average Bonchev–Trinajstić information content (AvgIpc) is 2.82. The molecule has 1 aliphatic rings. The van der Waals surface area contributed by atoms with Gasteiger partial charge in [0.15, 0.2) is 5.96 Å². The Kier molecular flexibility index (Phi) is 8.53. The molecule has 0 radical (unpaired) electrons. The number of nitrogens with one attached hydrogen (secondary N) is 1.